The molecule has 1 aromatic carbocycles. The first-order chi connectivity index (χ1) is 10.2. The summed E-state index contributed by atoms with van der Waals surface area (Å²) in [7, 11) is 1.68. The average molecular weight is 293 g/mol. The summed E-state index contributed by atoms with van der Waals surface area (Å²) < 4.78 is 16.5. The summed E-state index contributed by atoms with van der Waals surface area (Å²) in [6, 6.07) is 6.24. The van der Waals surface area contributed by atoms with Gasteiger partial charge in [-0.15, -0.1) is 0 Å². The monoisotopic (exact) mass is 293 g/mol. The van der Waals surface area contributed by atoms with E-state index in [1.54, 1.807) is 7.11 Å². The lowest BCUT2D eigenvalue weighted by molar-refractivity contribution is 0.0374. The number of hydrogen-bond acceptors (Lipinski definition) is 4. The van der Waals surface area contributed by atoms with Crippen LogP contribution in [0.4, 0.5) is 0 Å². The first kappa shape index (κ1) is 16.1. The Morgan fingerprint density at radius 1 is 1.19 bits per heavy atom. The van der Waals surface area contributed by atoms with Crippen LogP contribution < -0.4 is 9.47 Å². The molecule has 4 heteroatoms. The third kappa shape index (κ3) is 5.21. The molecule has 0 amide bonds. The van der Waals surface area contributed by atoms with Crippen molar-refractivity contribution in [3.8, 4) is 11.5 Å². The summed E-state index contributed by atoms with van der Waals surface area (Å²) in [6.45, 7) is 9.06. The van der Waals surface area contributed by atoms with Crippen LogP contribution in [0.15, 0.2) is 18.2 Å². The van der Waals surface area contributed by atoms with E-state index in [0.29, 0.717) is 0 Å². The molecule has 2 rings (SSSR count). The van der Waals surface area contributed by atoms with Gasteiger partial charge in [-0.25, -0.2) is 0 Å². The zero-order chi connectivity index (χ0) is 15.1. The largest absolute Gasteiger partial charge is 0.493 e. The molecule has 0 aromatic heterocycles. The molecule has 1 saturated heterocycles. The highest BCUT2D eigenvalue weighted by atomic mass is 16.5. The van der Waals surface area contributed by atoms with Gasteiger partial charge >= 0.3 is 0 Å². The second kappa shape index (κ2) is 8.25. The van der Waals surface area contributed by atoms with E-state index in [1.165, 1.54) is 5.56 Å². The zero-order valence-electron chi connectivity index (χ0n) is 13.4. The Hall–Kier alpha value is -1.26. The van der Waals surface area contributed by atoms with Crippen molar-refractivity contribution in [3.63, 3.8) is 0 Å². The summed E-state index contributed by atoms with van der Waals surface area (Å²) >= 11 is 0. The predicted molar refractivity (Wildman–Crippen MR) is 84.3 cm³/mol. The van der Waals surface area contributed by atoms with E-state index in [4.69, 9.17) is 14.2 Å². The van der Waals surface area contributed by atoms with Gasteiger partial charge in [-0.3, -0.25) is 4.90 Å². The molecule has 1 aromatic rings. The Morgan fingerprint density at radius 3 is 2.62 bits per heavy atom. The standard InChI is InChI=1S/C17H27NO3/c1-14(2)21-17-13-15(6-7-16(17)19-3)5-4-8-18-9-11-20-12-10-18/h6-7,13-14H,4-5,8-12H2,1-3H3. The van der Waals surface area contributed by atoms with Gasteiger partial charge in [0.2, 0.25) is 0 Å². The third-order valence-corrected chi connectivity index (χ3v) is 3.63. The third-order valence-electron chi connectivity index (χ3n) is 3.63. The second-order valence-electron chi connectivity index (χ2n) is 5.71. The fourth-order valence-electron chi connectivity index (χ4n) is 2.55. The van der Waals surface area contributed by atoms with Crippen molar-refractivity contribution >= 4 is 0 Å². The molecular formula is C17H27NO3. The van der Waals surface area contributed by atoms with E-state index in [1.807, 2.05) is 19.9 Å². The normalized spacial score (nSPS) is 16.2. The fourth-order valence-corrected chi connectivity index (χ4v) is 2.55. The van der Waals surface area contributed by atoms with E-state index >= 15 is 0 Å². The Labute approximate surface area is 128 Å². The molecule has 0 unspecified atom stereocenters. The summed E-state index contributed by atoms with van der Waals surface area (Å²) in [4.78, 5) is 2.47. The molecule has 21 heavy (non-hydrogen) atoms. The highest BCUT2D eigenvalue weighted by Crippen LogP contribution is 2.29. The van der Waals surface area contributed by atoms with Crippen LogP contribution in [-0.4, -0.2) is 51.0 Å². The number of aryl methyl sites for hydroxylation is 1. The lowest BCUT2D eigenvalue weighted by Gasteiger charge is -2.26. The molecule has 0 N–H and O–H groups in total. The topological polar surface area (TPSA) is 30.9 Å². The fraction of sp³-hybridized carbons (Fsp3) is 0.647. The molecule has 118 valence electrons. The van der Waals surface area contributed by atoms with Gasteiger partial charge in [0.25, 0.3) is 0 Å². The quantitative estimate of drug-likeness (QED) is 0.773. The van der Waals surface area contributed by atoms with Crippen LogP contribution in [0.3, 0.4) is 0 Å². The maximum atomic E-state index is 5.82. The van der Waals surface area contributed by atoms with Crippen molar-refractivity contribution in [1.82, 2.24) is 4.90 Å². The minimum Gasteiger partial charge on any atom is -0.493 e. The molecule has 0 bridgehead atoms. The Kier molecular flexibility index (Phi) is 6.33. The lowest BCUT2D eigenvalue weighted by atomic mass is 10.1. The number of nitrogens with zero attached hydrogens (tertiary/aromatic N) is 1. The minimum absolute atomic E-state index is 0.155. The smallest absolute Gasteiger partial charge is 0.161 e. The molecule has 1 aliphatic heterocycles. The minimum atomic E-state index is 0.155. The molecule has 0 saturated carbocycles. The Bertz CT molecular complexity index is 428. The summed E-state index contributed by atoms with van der Waals surface area (Å²) in [6.07, 6.45) is 2.38. The van der Waals surface area contributed by atoms with Gasteiger partial charge in [0.15, 0.2) is 11.5 Å². The van der Waals surface area contributed by atoms with Crippen molar-refractivity contribution in [1.29, 1.82) is 0 Å². The van der Waals surface area contributed by atoms with Gasteiger partial charge in [0, 0.05) is 13.1 Å². The van der Waals surface area contributed by atoms with Crippen molar-refractivity contribution in [2.24, 2.45) is 0 Å². The second-order valence-corrected chi connectivity index (χ2v) is 5.71. The van der Waals surface area contributed by atoms with E-state index in [9.17, 15) is 0 Å². The van der Waals surface area contributed by atoms with Crippen LogP contribution in [0, 0.1) is 0 Å². The van der Waals surface area contributed by atoms with Crippen molar-refractivity contribution < 1.29 is 14.2 Å². The van der Waals surface area contributed by atoms with Crippen LogP contribution in [0.5, 0.6) is 11.5 Å². The van der Waals surface area contributed by atoms with Crippen LogP contribution >= 0.6 is 0 Å². The highest BCUT2D eigenvalue weighted by Gasteiger charge is 2.11. The van der Waals surface area contributed by atoms with E-state index in [-0.39, 0.29) is 6.10 Å². The van der Waals surface area contributed by atoms with E-state index in [2.05, 4.69) is 17.0 Å². The van der Waals surface area contributed by atoms with Gasteiger partial charge < -0.3 is 14.2 Å². The summed E-state index contributed by atoms with van der Waals surface area (Å²) in [5, 5.41) is 0. The Morgan fingerprint density at radius 2 is 1.95 bits per heavy atom. The molecule has 1 heterocycles. The molecule has 0 radical (unpaired) electrons. The van der Waals surface area contributed by atoms with Crippen LogP contribution in [0.1, 0.15) is 25.8 Å². The maximum absolute atomic E-state index is 5.82. The van der Waals surface area contributed by atoms with Crippen LogP contribution in [0.2, 0.25) is 0 Å². The Balaban J connectivity index is 1.87. The first-order valence-electron chi connectivity index (χ1n) is 7.82. The number of benzene rings is 1. The molecule has 0 aliphatic carbocycles. The number of methoxy groups -OCH3 is 1. The number of ether oxygens (including phenoxy) is 3. The highest BCUT2D eigenvalue weighted by molar-refractivity contribution is 5.43. The van der Waals surface area contributed by atoms with Crippen LogP contribution in [-0.2, 0) is 11.2 Å². The van der Waals surface area contributed by atoms with Gasteiger partial charge in [-0.2, -0.15) is 0 Å². The number of rotatable bonds is 7. The van der Waals surface area contributed by atoms with E-state index < -0.39 is 0 Å². The van der Waals surface area contributed by atoms with E-state index in [0.717, 1.165) is 57.2 Å². The average Bonchev–Trinajstić information content (AvgIpc) is 2.48. The molecular weight excluding hydrogens is 266 g/mol. The number of hydrogen-bond donors (Lipinski definition) is 0. The lowest BCUT2D eigenvalue weighted by Crippen LogP contribution is -2.36. The molecule has 4 nitrogen and oxygen atoms in total. The summed E-state index contributed by atoms with van der Waals surface area (Å²) in [5.74, 6) is 1.65. The summed E-state index contributed by atoms with van der Waals surface area (Å²) in [5.41, 5.74) is 1.31. The van der Waals surface area contributed by atoms with Crippen molar-refractivity contribution in [2.45, 2.75) is 32.8 Å². The SMILES string of the molecule is COc1ccc(CCCN2CCOCC2)cc1OC(C)C. The van der Waals surface area contributed by atoms with Gasteiger partial charge in [-0.05, 0) is 50.9 Å². The predicted octanol–water partition coefficient (Wildman–Crippen LogP) is 2.75. The number of morpholine rings is 1. The first-order valence-corrected chi connectivity index (χ1v) is 7.82. The van der Waals surface area contributed by atoms with Gasteiger partial charge in [-0.1, -0.05) is 6.07 Å². The maximum Gasteiger partial charge on any atom is 0.161 e. The van der Waals surface area contributed by atoms with Crippen molar-refractivity contribution in [3.05, 3.63) is 23.8 Å². The van der Waals surface area contributed by atoms with Crippen molar-refractivity contribution in [2.75, 3.05) is 40.0 Å². The van der Waals surface area contributed by atoms with Gasteiger partial charge in [0.05, 0.1) is 26.4 Å². The molecule has 0 atom stereocenters. The molecule has 0 spiro atoms. The zero-order valence-corrected chi connectivity index (χ0v) is 13.4. The molecule has 1 aliphatic rings. The van der Waals surface area contributed by atoms with Gasteiger partial charge in [0.1, 0.15) is 0 Å². The molecule has 1 fully saturated rings. The van der Waals surface area contributed by atoms with Crippen LogP contribution in [0.25, 0.3) is 0 Å².